The first-order chi connectivity index (χ1) is 9.38. The van der Waals surface area contributed by atoms with Gasteiger partial charge in [-0.1, -0.05) is 24.4 Å². The maximum absolute atomic E-state index is 12.3. The Kier molecular flexibility index (Phi) is 4.74. The van der Waals surface area contributed by atoms with E-state index in [0.717, 1.165) is 25.7 Å². The van der Waals surface area contributed by atoms with Gasteiger partial charge in [0.15, 0.2) is 0 Å². The standard InChI is InChI=1S/C14H20ClNO3S/c1-11-8-12(15)4-5-13(11)20(18,19)16-9-14(10-17)6-2-3-7-14/h4-5,8,16-17H,2-3,6-7,9-10H2,1H3. The molecule has 1 aliphatic rings. The number of aryl methyl sites for hydroxylation is 1. The molecule has 1 aromatic rings. The zero-order chi connectivity index (χ0) is 14.8. The lowest BCUT2D eigenvalue weighted by atomic mass is 9.88. The third-order valence-electron chi connectivity index (χ3n) is 4.06. The van der Waals surface area contributed by atoms with Crippen molar-refractivity contribution in [3.63, 3.8) is 0 Å². The Morgan fingerprint density at radius 3 is 2.55 bits per heavy atom. The van der Waals surface area contributed by atoms with Gasteiger partial charge in [-0.2, -0.15) is 0 Å². The van der Waals surface area contributed by atoms with E-state index in [0.29, 0.717) is 10.6 Å². The van der Waals surface area contributed by atoms with Crippen LogP contribution >= 0.6 is 11.6 Å². The average molecular weight is 318 g/mol. The molecule has 0 saturated heterocycles. The van der Waals surface area contributed by atoms with Gasteiger partial charge in [-0.3, -0.25) is 0 Å². The maximum Gasteiger partial charge on any atom is 0.240 e. The molecule has 2 rings (SSSR count). The van der Waals surface area contributed by atoms with Crippen molar-refractivity contribution in [2.75, 3.05) is 13.2 Å². The molecule has 0 aromatic heterocycles. The molecule has 0 atom stereocenters. The fraction of sp³-hybridized carbons (Fsp3) is 0.571. The molecule has 0 aliphatic heterocycles. The van der Waals surface area contributed by atoms with Crippen molar-refractivity contribution in [3.05, 3.63) is 28.8 Å². The largest absolute Gasteiger partial charge is 0.396 e. The van der Waals surface area contributed by atoms with Crippen molar-refractivity contribution in [1.82, 2.24) is 4.72 Å². The van der Waals surface area contributed by atoms with Crippen molar-refractivity contribution in [1.29, 1.82) is 0 Å². The second-order valence-electron chi connectivity index (χ2n) is 5.60. The van der Waals surface area contributed by atoms with Crippen molar-refractivity contribution in [2.24, 2.45) is 5.41 Å². The van der Waals surface area contributed by atoms with E-state index in [1.54, 1.807) is 19.1 Å². The van der Waals surface area contributed by atoms with E-state index in [2.05, 4.69) is 4.72 Å². The molecule has 6 heteroatoms. The molecular formula is C14H20ClNO3S. The minimum atomic E-state index is -3.56. The Balaban J connectivity index is 2.15. The molecule has 1 fully saturated rings. The van der Waals surface area contributed by atoms with Crippen LogP contribution in [0.4, 0.5) is 0 Å². The van der Waals surface area contributed by atoms with Crippen LogP contribution in [0.2, 0.25) is 5.02 Å². The van der Waals surface area contributed by atoms with Crippen LogP contribution in [0, 0.1) is 12.3 Å². The van der Waals surface area contributed by atoms with Gasteiger partial charge in [-0.05, 0) is 43.5 Å². The normalized spacial score (nSPS) is 18.4. The van der Waals surface area contributed by atoms with Gasteiger partial charge in [-0.15, -0.1) is 0 Å². The molecule has 0 radical (unpaired) electrons. The SMILES string of the molecule is Cc1cc(Cl)ccc1S(=O)(=O)NCC1(CO)CCCC1. The third-order valence-corrected chi connectivity index (χ3v) is 5.86. The minimum Gasteiger partial charge on any atom is -0.396 e. The maximum atomic E-state index is 12.3. The minimum absolute atomic E-state index is 0.0229. The van der Waals surface area contributed by atoms with Gasteiger partial charge in [0.05, 0.1) is 4.90 Å². The number of aliphatic hydroxyl groups excluding tert-OH is 1. The summed E-state index contributed by atoms with van der Waals surface area (Å²) in [5.74, 6) is 0. The van der Waals surface area contributed by atoms with Gasteiger partial charge >= 0.3 is 0 Å². The molecule has 0 spiro atoms. The lowest BCUT2D eigenvalue weighted by Crippen LogP contribution is -2.38. The lowest BCUT2D eigenvalue weighted by molar-refractivity contribution is 0.134. The molecule has 1 aliphatic carbocycles. The summed E-state index contributed by atoms with van der Waals surface area (Å²) < 4.78 is 27.3. The molecule has 0 bridgehead atoms. The number of benzene rings is 1. The lowest BCUT2D eigenvalue weighted by Gasteiger charge is -2.26. The van der Waals surface area contributed by atoms with Crippen LogP contribution < -0.4 is 4.72 Å². The first-order valence-electron chi connectivity index (χ1n) is 6.75. The number of hydrogen-bond acceptors (Lipinski definition) is 3. The highest BCUT2D eigenvalue weighted by Gasteiger charge is 2.34. The van der Waals surface area contributed by atoms with Crippen LogP contribution in [-0.4, -0.2) is 26.7 Å². The fourth-order valence-corrected chi connectivity index (χ4v) is 4.36. The molecule has 1 aromatic carbocycles. The van der Waals surface area contributed by atoms with Gasteiger partial charge in [0, 0.05) is 23.6 Å². The molecule has 2 N–H and O–H groups in total. The first-order valence-corrected chi connectivity index (χ1v) is 8.61. The second-order valence-corrected chi connectivity index (χ2v) is 7.77. The number of halogens is 1. The van der Waals surface area contributed by atoms with Crippen molar-refractivity contribution < 1.29 is 13.5 Å². The van der Waals surface area contributed by atoms with E-state index in [-0.39, 0.29) is 23.5 Å². The van der Waals surface area contributed by atoms with Gasteiger partial charge in [0.25, 0.3) is 0 Å². The molecule has 112 valence electrons. The molecule has 0 heterocycles. The van der Waals surface area contributed by atoms with Crippen LogP contribution in [0.5, 0.6) is 0 Å². The van der Waals surface area contributed by atoms with E-state index in [9.17, 15) is 13.5 Å². The summed E-state index contributed by atoms with van der Waals surface area (Å²) in [4.78, 5) is 0.244. The summed E-state index contributed by atoms with van der Waals surface area (Å²) in [5, 5.41) is 10.0. The monoisotopic (exact) mass is 317 g/mol. The van der Waals surface area contributed by atoms with Crippen LogP contribution in [0.15, 0.2) is 23.1 Å². The van der Waals surface area contributed by atoms with Crippen molar-refractivity contribution in [2.45, 2.75) is 37.5 Å². The van der Waals surface area contributed by atoms with Crippen LogP contribution in [-0.2, 0) is 10.0 Å². The van der Waals surface area contributed by atoms with E-state index in [1.807, 2.05) is 0 Å². The zero-order valence-electron chi connectivity index (χ0n) is 11.5. The highest BCUT2D eigenvalue weighted by molar-refractivity contribution is 7.89. The van der Waals surface area contributed by atoms with E-state index >= 15 is 0 Å². The van der Waals surface area contributed by atoms with E-state index in [4.69, 9.17) is 11.6 Å². The van der Waals surface area contributed by atoms with Gasteiger partial charge in [-0.25, -0.2) is 13.1 Å². The summed E-state index contributed by atoms with van der Waals surface area (Å²) in [6.07, 6.45) is 3.82. The van der Waals surface area contributed by atoms with Crippen LogP contribution in [0.1, 0.15) is 31.2 Å². The first kappa shape index (κ1) is 15.8. The Bertz CT molecular complexity index is 580. The van der Waals surface area contributed by atoms with Gasteiger partial charge in [0.2, 0.25) is 10.0 Å². The van der Waals surface area contributed by atoms with Gasteiger partial charge in [0.1, 0.15) is 0 Å². The smallest absolute Gasteiger partial charge is 0.240 e. The fourth-order valence-electron chi connectivity index (χ4n) is 2.76. The van der Waals surface area contributed by atoms with Crippen LogP contribution in [0.3, 0.4) is 0 Å². The molecular weight excluding hydrogens is 298 g/mol. The predicted molar refractivity (Wildman–Crippen MR) is 79.4 cm³/mol. The number of hydrogen-bond donors (Lipinski definition) is 2. The Morgan fingerprint density at radius 1 is 1.35 bits per heavy atom. The highest BCUT2D eigenvalue weighted by Crippen LogP contribution is 2.37. The Hall–Kier alpha value is -0.620. The summed E-state index contributed by atoms with van der Waals surface area (Å²) in [5.41, 5.74) is 0.322. The summed E-state index contributed by atoms with van der Waals surface area (Å²) in [7, 11) is -3.56. The Labute approximate surface area is 125 Å². The zero-order valence-corrected chi connectivity index (χ0v) is 13.1. The predicted octanol–water partition coefficient (Wildman–Crippen LogP) is 2.48. The average Bonchev–Trinajstić information content (AvgIpc) is 2.85. The number of rotatable bonds is 5. The number of nitrogens with one attached hydrogen (secondary N) is 1. The van der Waals surface area contributed by atoms with Crippen LogP contribution in [0.25, 0.3) is 0 Å². The molecule has 0 amide bonds. The van der Waals surface area contributed by atoms with E-state index < -0.39 is 10.0 Å². The summed E-state index contributed by atoms with van der Waals surface area (Å²) >= 11 is 5.84. The quantitative estimate of drug-likeness (QED) is 0.876. The summed E-state index contributed by atoms with van der Waals surface area (Å²) in [6, 6.07) is 4.72. The van der Waals surface area contributed by atoms with Crippen molar-refractivity contribution in [3.8, 4) is 0 Å². The number of sulfonamides is 1. The Morgan fingerprint density at radius 2 is 2.00 bits per heavy atom. The topological polar surface area (TPSA) is 66.4 Å². The molecule has 1 saturated carbocycles. The second kappa shape index (κ2) is 6.02. The van der Waals surface area contributed by atoms with Crippen molar-refractivity contribution >= 4 is 21.6 Å². The molecule has 20 heavy (non-hydrogen) atoms. The molecule has 0 unspecified atom stereocenters. The number of aliphatic hydroxyl groups is 1. The van der Waals surface area contributed by atoms with E-state index in [1.165, 1.54) is 6.07 Å². The summed E-state index contributed by atoms with van der Waals surface area (Å²) in [6.45, 7) is 2.03. The highest BCUT2D eigenvalue weighted by atomic mass is 35.5. The van der Waals surface area contributed by atoms with Gasteiger partial charge < -0.3 is 5.11 Å². The third kappa shape index (κ3) is 3.34. The molecule has 4 nitrogen and oxygen atoms in total.